The highest BCUT2D eigenvalue weighted by Crippen LogP contribution is 2.22. The lowest BCUT2D eigenvalue weighted by atomic mass is 10.1. The number of hydrogen-bond donors (Lipinski definition) is 2. The van der Waals surface area contributed by atoms with Crippen LogP contribution in [0.4, 0.5) is 4.79 Å². The van der Waals surface area contributed by atoms with Gasteiger partial charge in [0.2, 0.25) is 0 Å². The zero-order valence-electron chi connectivity index (χ0n) is 15.0. The van der Waals surface area contributed by atoms with Gasteiger partial charge < -0.3 is 15.4 Å². The predicted octanol–water partition coefficient (Wildman–Crippen LogP) is 3.16. The van der Waals surface area contributed by atoms with Crippen LogP contribution in [0.3, 0.4) is 0 Å². The second kappa shape index (κ2) is 7.38. The molecule has 2 aromatic rings. The third-order valence-electron chi connectivity index (χ3n) is 3.40. The fourth-order valence-electron chi connectivity index (χ4n) is 2.25. The Bertz CT molecular complexity index is 688. The van der Waals surface area contributed by atoms with Crippen LogP contribution in [0.15, 0.2) is 36.7 Å². The number of nitrogens with zero attached hydrogens (tertiary/aromatic N) is 2. The Hall–Kier alpha value is -2.50. The van der Waals surface area contributed by atoms with Gasteiger partial charge in [-0.15, -0.1) is 0 Å². The lowest BCUT2D eigenvalue weighted by Gasteiger charge is -2.23. The van der Waals surface area contributed by atoms with Crippen molar-refractivity contribution in [2.75, 3.05) is 0 Å². The molecule has 1 aromatic heterocycles. The first kappa shape index (κ1) is 17.8. The van der Waals surface area contributed by atoms with Gasteiger partial charge in [0.15, 0.2) is 0 Å². The third-order valence-corrected chi connectivity index (χ3v) is 3.40. The second-order valence-corrected chi connectivity index (χ2v) is 6.82. The van der Waals surface area contributed by atoms with E-state index in [1.807, 2.05) is 65.2 Å². The molecule has 1 aromatic carbocycles. The van der Waals surface area contributed by atoms with Gasteiger partial charge in [0, 0.05) is 30.9 Å². The van der Waals surface area contributed by atoms with E-state index in [2.05, 4.69) is 15.7 Å². The summed E-state index contributed by atoms with van der Waals surface area (Å²) >= 11 is 0. The third kappa shape index (κ3) is 5.30. The molecule has 1 heterocycles. The minimum absolute atomic E-state index is 0.111. The van der Waals surface area contributed by atoms with E-state index in [4.69, 9.17) is 4.74 Å². The molecule has 2 N–H and O–H groups in total. The van der Waals surface area contributed by atoms with Gasteiger partial charge in [0.1, 0.15) is 11.4 Å². The quantitative estimate of drug-likeness (QED) is 0.885. The standard InChI is InChI=1S/C18H26N4O2/c1-13(15-11-20-22(5)12-15)21-17(23)19-10-14-8-6-7-9-16(14)24-18(2,3)4/h6-9,11-13H,10H2,1-5H3,(H2,19,21,23). The Labute approximate surface area is 143 Å². The molecular weight excluding hydrogens is 304 g/mol. The SMILES string of the molecule is CC(NC(=O)NCc1ccccc1OC(C)(C)C)c1cnn(C)c1. The Balaban J connectivity index is 1.92. The first-order valence-electron chi connectivity index (χ1n) is 8.04. The van der Waals surface area contributed by atoms with Crippen molar-refractivity contribution in [3.8, 4) is 5.75 Å². The number of urea groups is 1. The highest BCUT2D eigenvalue weighted by molar-refractivity contribution is 5.74. The minimum atomic E-state index is -0.285. The zero-order valence-corrected chi connectivity index (χ0v) is 15.0. The molecule has 1 atom stereocenters. The minimum Gasteiger partial charge on any atom is -0.488 e. The van der Waals surface area contributed by atoms with Gasteiger partial charge in [-0.05, 0) is 33.8 Å². The van der Waals surface area contributed by atoms with Crippen LogP contribution in [-0.4, -0.2) is 21.4 Å². The number of aryl methyl sites for hydroxylation is 1. The molecule has 0 radical (unpaired) electrons. The number of ether oxygens (including phenoxy) is 1. The summed E-state index contributed by atoms with van der Waals surface area (Å²) in [6, 6.07) is 7.39. The summed E-state index contributed by atoms with van der Waals surface area (Å²) in [4.78, 5) is 12.1. The van der Waals surface area contributed by atoms with Crippen molar-refractivity contribution in [3.63, 3.8) is 0 Å². The molecule has 6 nitrogen and oxygen atoms in total. The van der Waals surface area contributed by atoms with Gasteiger partial charge in [-0.1, -0.05) is 18.2 Å². The molecule has 0 aliphatic heterocycles. The zero-order chi connectivity index (χ0) is 17.7. The Kier molecular flexibility index (Phi) is 5.49. The van der Waals surface area contributed by atoms with E-state index in [-0.39, 0.29) is 17.7 Å². The summed E-state index contributed by atoms with van der Waals surface area (Å²) < 4.78 is 7.65. The van der Waals surface area contributed by atoms with Crippen LogP contribution in [0.25, 0.3) is 0 Å². The van der Waals surface area contributed by atoms with Crippen molar-refractivity contribution in [1.29, 1.82) is 0 Å². The van der Waals surface area contributed by atoms with Crippen LogP contribution in [0.2, 0.25) is 0 Å². The Morgan fingerprint density at radius 1 is 1.33 bits per heavy atom. The molecule has 0 aliphatic rings. The summed E-state index contributed by atoms with van der Waals surface area (Å²) in [5.41, 5.74) is 1.62. The fourth-order valence-corrected chi connectivity index (χ4v) is 2.25. The van der Waals surface area contributed by atoms with E-state index in [0.29, 0.717) is 6.54 Å². The number of rotatable bonds is 5. The molecule has 1 unspecified atom stereocenters. The highest BCUT2D eigenvalue weighted by atomic mass is 16.5. The molecule has 24 heavy (non-hydrogen) atoms. The molecule has 0 saturated carbocycles. The Morgan fingerprint density at radius 3 is 2.67 bits per heavy atom. The van der Waals surface area contributed by atoms with Crippen LogP contribution in [-0.2, 0) is 13.6 Å². The average molecular weight is 330 g/mol. The molecule has 0 spiro atoms. The van der Waals surface area contributed by atoms with Crippen molar-refractivity contribution < 1.29 is 9.53 Å². The summed E-state index contributed by atoms with van der Waals surface area (Å²) in [5.74, 6) is 0.783. The number of carbonyl (C=O) groups is 1. The van der Waals surface area contributed by atoms with E-state index in [9.17, 15) is 4.79 Å². The molecular formula is C18H26N4O2. The fraction of sp³-hybridized carbons (Fsp3) is 0.444. The molecule has 130 valence electrons. The van der Waals surface area contributed by atoms with Crippen LogP contribution in [0.1, 0.15) is 44.9 Å². The van der Waals surface area contributed by atoms with Crippen LogP contribution in [0, 0.1) is 0 Å². The number of para-hydroxylation sites is 1. The average Bonchev–Trinajstić information content (AvgIpc) is 2.91. The summed E-state index contributed by atoms with van der Waals surface area (Å²) in [7, 11) is 1.85. The number of hydrogen-bond acceptors (Lipinski definition) is 3. The highest BCUT2D eigenvalue weighted by Gasteiger charge is 2.15. The van der Waals surface area contributed by atoms with Crippen molar-refractivity contribution in [3.05, 3.63) is 47.8 Å². The summed E-state index contributed by atoms with van der Waals surface area (Å²) in [6.45, 7) is 8.32. The van der Waals surface area contributed by atoms with Gasteiger partial charge >= 0.3 is 6.03 Å². The van der Waals surface area contributed by atoms with Crippen molar-refractivity contribution in [1.82, 2.24) is 20.4 Å². The smallest absolute Gasteiger partial charge is 0.315 e. The van der Waals surface area contributed by atoms with Gasteiger partial charge in [0.05, 0.1) is 12.2 Å². The first-order valence-corrected chi connectivity index (χ1v) is 8.04. The van der Waals surface area contributed by atoms with E-state index in [1.54, 1.807) is 10.9 Å². The lowest BCUT2D eigenvalue weighted by Crippen LogP contribution is -2.36. The number of carbonyl (C=O) groups excluding carboxylic acids is 1. The van der Waals surface area contributed by atoms with Gasteiger partial charge in [-0.3, -0.25) is 4.68 Å². The molecule has 0 bridgehead atoms. The number of nitrogens with one attached hydrogen (secondary N) is 2. The van der Waals surface area contributed by atoms with Crippen molar-refractivity contribution in [2.24, 2.45) is 7.05 Å². The Morgan fingerprint density at radius 2 is 2.04 bits per heavy atom. The van der Waals surface area contributed by atoms with Gasteiger partial charge in [0.25, 0.3) is 0 Å². The topological polar surface area (TPSA) is 68.2 Å². The molecule has 0 saturated heterocycles. The van der Waals surface area contributed by atoms with E-state index in [0.717, 1.165) is 16.9 Å². The number of amides is 2. The van der Waals surface area contributed by atoms with Crippen molar-refractivity contribution in [2.45, 2.75) is 45.9 Å². The van der Waals surface area contributed by atoms with Gasteiger partial charge in [-0.25, -0.2) is 4.79 Å². The van der Waals surface area contributed by atoms with Crippen LogP contribution >= 0.6 is 0 Å². The molecule has 2 rings (SSSR count). The number of benzene rings is 1. The summed E-state index contributed by atoms with van der Waals surface area (Å²) in [6.07, 6.45) is 3.63. The van der Waals surface area contributed by atoms with E-state index < -0.39 is 0 Å². The largest absolute Gasteiger partial charge is 0.488 e. The maximum absolute atomic E-state index is 12.1. The van der Waals surface area contributed by atoms with Crippen LogP contribution < -0.4 is 15.4 Å². The first-order chi connectivity index (χ1) is 11.2. The lowest BCUT2D eigenvalue weighted by molar-refractivity contribution is 0.129. The normalized spacial score (nSPS) is 12.5. The second-order valence-electron chi connectivity index (χ2n) is 6.82. The van der Waals surface area contributed by atoms with E-state index in [1.165, 1.54) is 0 Å². The maximum atomic E-state index is 12.1. The molecule has 6 heteroatoms. The predicted molar refractivity (Wildman–Crippen MR) is 93.8 cm³/mol. The molecule has 2 amide bonds. The van der Waals surface area contributed by atoms with Gasteiger partial charge in [-0.2, -0.15) is 5.10 Å². The van der Waals surface area contributed by atoms with E-state index >= 15 is 0 Å². The molecule has 0 aliphatic carbocycles. The van der Waals surface area contributed by atoms with Crippen molar-refractivity contribution >= 4 is 6.03 Å². The monoisotopic (exact) mass is 330 g/mol. The molecule has 0 fully saturated rings. The maximum Gasteiger partial charge on any atom is 0.315 e. The number of aromatic nitrogens is 2. The van der Waals surface area contributed by atoms with Crippen LogP contribution in [0.5, 0.6) is 5.75 Å². The summed E-state index contributed by atoms with van der Waals surface area (Å²) in [5, 5.41) is 9.89.